The highest BCUT2D eigenvalue weighted by Gasteiger charge is 1.77. The first-order valence-corrected chi connectivity index (χ1v) is 3.73. The maximum absolute atomic E-state index is 5.05. The highest BCUT2D eigenvalue weighted by molar-refractivity contribution is 7.80. The Labute approximate surface area is 82.6 Å². The van der Waals surface area contributed by atoms with Gasteiger partial charge >= 0.3 is 0 Å². The van der Waals surface area contributed by atoms with Crippen LogP contribution in [0, 0.1) is 0 Å². The number of aliphatic imine (C=N–C) groups is 1. The van der Waals surface area contributed by atoms with E-state index in [9.17, 15) is 0 Å². The van der Waals surface area contributed by atoms with Gasteiger partial charge in [-0.2, -0.15) is 0 Å². The van der Waals surface area contributed by atoms with Crippen LogP contribution in [0.15, 0.2) is 4.99 Å². The molecule has 0 heterocycles. The monoisotopic (exact) mass is 207 g/mol. The molecule has 6 N–H and O–H groups in total. The lowest BCUT2D eigenvalue weighted by Gasteiger charge is -1.99. The number of hydrogen-bond donors (Lipinski definition) is 3. The van der Waals surface area contributed by atoms with E-state index in [1.54, 1.807) is 11.2 Å². The molecule has 0 aliphatic carbocycles. The molecule has 0 aromatic carbocycles. The maximum atomic E-state index is 5.05. The van der Waals surface area contributed by atoms with Gasteiger partial charge in [0.1, 0.15) is 0 Å². The number of rotatable bonds is 1. The zero-order valence-electron chi connectivity index (χ0n) is 7.02. The van der Waals surface area contributed by atoms with E-state index in [4.69, 9.17) is 5.73 Å². The van der Waals surface area contributed by atoms with Crippen LogP contribution in [0.1, 0.15) is 0 Å². The first-order chi connectivity index (χ1) is 5.36. The Hall–Kier alpha value is -0.950. The number of hydrogen-bond acceptors (Lipinski definition) is 2. The van der Waals surface area contributed by atoms with Crippen molar-refractivity contribution >= 4 is 41.0 Å². The van der Waals surface area contributed by atoms with Gasteiger partial charge in [-0.15, -0.1) is 0 Å². The fraction of sp³-hybridized carbons (Fsp3) is 0.400. The average molecular weight is 207 g/mol. The van der Waals surface area contributed by atoms with E-state index >= 15 is 0 Å². The van der Waals surface area contributed by atoms with Crippen LogP contribution >= 0.6 is 24.4 Å². The van der Waals surface area contributed by atoms with E-state index in [0.717, 1.165) is 0 Å². The van der Waals surface area contributed by atoms with Crippen LogP contribution in [0.25, 0.3) is 0 Å². The van der Waals surface area contributed by atoms with Crippen LogP contribution in [0.2, 0.25) is 0 Å². The molecule has 0 radical (unpaired) electrons. The van der Waals surface area contributed by atoms with Crippen molar-refractivity contribution in [3.63, 3.8) is 0 Å². The minimum atomic E-state index is 0.000000000000000222. The third-order valence-electron chi connectivity index (χ3n) is 0.416. The Morgan fingerprint density at radius 3 is 1.67 bits per heavy atom. The predicted octanol–water partition coefficient (Wildman–Crippen LogP) is -0.991. The van der Waals surface area contributed by atoms with Crippen LogP contribution in [0.4, 0.5) is 0 Å². The average Bonchev–Trinajstić information content (AvgIpc) is 1.82. The first-order valence-electron chi connectivity index (χ1n) is 2.91. The van der Waals surface area contributed by atoms with Crippen molar-refractivity contribution in [1.82, 2.24) is 4.90 Å². The van der Waals surface area contributed by atoms with Crippen molar-refractivity contribution in [3.05, 3.63) is 0 Å². The van der Waals surface area contributed by atoms with E-state index in [1.165, 1.54) is 0 Å². The largest absolute Gasteiger partial charge is 0.377 e. The molecule has 0 bridgehead atoms. The summed E-state index contributed by atoms with van der Waals surface area (Å²) < 4.78 is 0. The van der Waals surface area contributed by atoms with E-state index in [2.05, 4.69) is 40.9 Å². The molecule has 0 spiro atoms. The predicted molar refractivity (Wildman–Crippen MR) is 59.9 cm³/mol. The zero-order chi connectivity index (χ0) is 10.1. The van der Waals surface area contributed by atoms with Crippen molar-refractivity contribution < 1.29 is 0 Å². The van der Waals surface area contributed by atoms with Gasteiger partial charge in [-0.05, 0) is 24.4 Å². The maximum Gasteiger partial charge on any atom is 0.191 e. The van der Waals surface area contributed by atoms with Crippen LogP contribution in [0.3, 0.4) is 0 Å². The molecule has 0 aliphatic heterocycles. The smallest absolute Gasteiger partial charge is 0.191 e. The van der Waals surface area contributed by atoms with Crippen molar-refractivity contribution in [2.75, 3.05) is 14.1 Å². The third-order valence-corrected chi connectivity index (χ3v) is 0.521. The summed E-state index contributed by atoms with van der Waals surface area (Å²) in [6.07, 6.45) is 1.56. The van der Waals surface area contributed by atoms with Crippen molar-refractivity contribution in [2.45, 2.75) is 0 Å². The van der Waals surface area contributed by atoms with E-state index in [-0.39, 0.29) is 10.2 Å². The molecular weight excluding hydrogens is 194 g/mol. The molecule has 0 saturated heterocycles. The first kappa shape index (κ1) is 13.6. The molecule has 5 nitrogen and oxygen atoms in total. The Bertz CT molecular complexity index is 173. The molecule has 0 aromatic heterocycles. The fourth-order valence-corrected chi connectivity index (χ4v) is 0.220. The lowest BCUT2D eigenvalue weighted by Crippen LogP contribution is -2.18. The highest BCUT2D eigenvalue weighted by Crippen LogP contribution is 1.68. The quantitative estimate of drug-likeness (QED) is 0.290. The van der Waals surface area contributed by atoms with E-state index in [1.807, 2.05) is 14.1 Å². The molecular formula is C5H13N5S2. The van der Waals surface area contributed by atoms with Gasteiger partial charge in [-0.25, -0.2) is 4.99 Å². The summed E-state index contributed by atoms with van der Waals surface area (Å²) in [5.41, 5.74) is 14.3. The van der Waals surface area contributed by atoms with Gasteiger partial charge in [0.2, 0.25) is 0 Å². The summed E-state index contributed by atoms with van der Waals surface area (Å²) in [5, 5.41) is 0.165. The van der Waals surface area contributed by atoms with Gasteiger partial charge in [0.15, 0.2) is 10.2 Å². The second-order valence-corrected chi connectivity index (χ2v) is 2.84. The number of nitrogens with zero attached hydrogens (tertiary/aromatic N) is 2. The standard InChI is InChI=1S/C4H9N3S.CH4N2S/c1-7(2)3-6-4(5)8;2-1(3)4/h3H,1-2H3,(H2,5,8);(H4,2,3,4). The van der Waals surface area contributed by atoms with E-state index in [0.29, 0.717) is 0 Å². The molecule has 0 unspecified atom stereocenters. The Morgan fingerprint density at radius 1 is 1.25 bits per heavy atom. The summed E-state index contributed by atoms with van der Waals surface area (Å²) in [4.78, 5) is 5.40. The minimum absolute atomic E-state index is 0.000000000000000222. The topological polar surface area (TPSA) is 93.7 Å². The van der Waals surface area contributed by atoms with Crippen molar-refractivity contribution in [1.29, 1.82) is 0 Å². The van der Waals surface area contributed by atoms with Gasteiger partial charge in [0.25, 0.3) is 0 Å². The molecule has 0 aliphatic rings. The molecule has 0 amide bonds. The van der Waals surface area contributed by atoms with Gasteiger partial charge in [0, 0.05) is 14.1 Å². The molecule has 0 fully saturated rings. The van der Waals surface area contributed by atoms with Crippen LogP contribution in [-0.2, 0) is 0 Å². The number of nitrogens with two attached hydrogens (primary N) is 3. The summed E-state index contributed by atoms with van der Waals surface area (Å²) >= 11 is 8.56. The summed E-state index contributed by atoms with van der Waals surface area (Å²) in [6, 6.07) is 0. The van der Waals surface area contributed by atoms with Gasteiger partial charge < -0.3 is 22.1 Å². The summed E-state index contributed by atoms with van der Waals surface area (Å²) in [6.45, 7) is 0. The van der Waals surface area contributed by atoms with Gasteiger partial charge in [0.05, 0.1) is 6.34 Å². The molecule has 70 valence electrons. The number of thiocarbonyl (C=S) groups is 2. The highest BCUT2D eigenvalue weighted by atomic mass is 32.1. The molecule has 0 atom stereocenters. The summed E-state index contributed by atoms with van der Waals surface area (Å²) in [7, 11) is 3.70. The Morgan fingerprint density at radius 2 is 1.58 bits per heavy atom. The molecule has 0 saturated carbocycles. The van der Waals surface area contributed by atoms with Crippen LogP contribution in [0.5, 0.6) is 0 Å². The lowest BCUT2D eigenvalue weighted by molar-refractivity contribution is 0.644. The fourth-order valence-electron chi connectivity index (χ4n) is 0.172. The van der Waals surface area contributed by atoms with Crippen molar-refractivity contribution in [2.24, 2.45) is 22.2 Å². The Balaban J connectivity index is 0. The molecule has 7 heteroatoms. The van der Waals surface area contributed by atoms with Crippen LogP contribution in [-0.4, -0.2) is 35.6 Å². The van der Waals surface area contributed by atoms with Gasteiger partial charge in [-0.1, -0.05) is 0 Å². The molecule has 12 heavy (non-hydrogen) atoms. The third kappa shape index (κ3) is 35.8. The second-order valence-electron chi connectivity index (χ2n) is 1.95. The van der Waals surface area contributed by atoms with Crippen molar-refractivity contribution in [3.8, 4) is 0 Å². The zero-order valence-corrected chi connectivity index (χ0v) is 8.65. The second kappa shape index (κ2) is 8.15. The molecule has 0 rings (SSSR count). The normalized spacial score (nSPS) is 8.50. The molecule has 0 aromatic rings. The Kier molecular flexibility index (Phi) is 9.25. The van der Waals surface area contributed by atoms with E-state index < -0.39 is 0 Å². The van der Waals surface area contributed by atoms with Gasteiger partial charge in [-0.3, -0.25) is 0 Å². The lowest BCUT2D eigenvalue weighted by atomic mass is 10.9. The summed E-state index contributed by atoms with van der Waals surface area (Å²) in [5.74, 6) is 0. The minimum Gasteiger partial charge on any atom is -0.377 e. The SMILES string of the molecule is CN(C)C=NC(N)=S.NC(N)=S. The van der Waals surface area contributed by atoms with Crippen LogP contribution < -0.4 is 17.2 Å².